The first kappa shape index (κ1) is 25.1. The number of hydrogen-bond donors (Lipinski definition) is 2. The number of nitrogens with zero attached hydrogens (tertiary/aromatic N) is 2. The summed E-state index contributed by atoms with van der Waals surface area (Å²) in [5.74, 6) is -1.34. The number of aromatic hydroxyl groups is 1. The Bertz CT molecular complexity index is 1120. The Labute approximate surface area is 200 Å². The number of aliphatic hydroxyl groups excluding tert-OH is 1. The Morgan fingerprint density at radius 1 is 1.15 bits per heavy atom. The van der Waals surface area contributed by atoms with Gasteiger partial charge in [-0.1, -0.05) is 24.8 Å². The molecule has 2 aromatic carbocycles. The van der Waals surface area contributed by atoms with Gasteiger partial charge in [-0.25, -0.2) is 0 Å². The third kappa shape index (κ3) is 5.15. The first-order valence-electron chi connectivity index (χ1n) is 11.2. The molecule has 1 aliphatic rings. The molecule has 1 fully saturated rings. The third-order valence-electron chi connectivity index (χ3n) is 5.98. The molecule has 3 rings (SSSR count). The van der Waals surface area contributed by atoms with Crippen LogP contribution in [-0.4, -0.2) is 65.5 Å². The fourth-order valence-corrected chi connectivity index (χ4v) is 4.05. The highest BCUT2D eigenvalue weighted by Gasteiger charge is 2.46. The van der Waals surface area contributed by atoms with Gasteiger partial charge in [0.05, 0.1) is 17.2 Å². The second kappa shape index (κ2) is 10.6. The van der Waals surface area contributed by atoms with Crippen molar-refractivity contribution in [3.63, 3.8) is 0 Å². The van der Waals surface area contributed by atoms with Crippen LogP contribution in [0.5, 0.6) is 11.5 Å². The van der Waals surface area contributed by atoms with E-state index in [1.165, 1.54) is 11.0 Å². The van der Waals surface area contributed by atoms with Crippen molar-refractivity contribution in [3.8, 4) is 11.5 Å². The molecule has 34 heavy (non-hydrogen) atoms. The maximum absolute atomic E-state index is 13.1. The molecule has 1 aliphatic heterocycles. The zero-order valence-corrected chi connectivity index (χ0v) is 20.2. The van der Waals surface area contributed by atoms with E-state index in [-0.39, 0.29) is 22.6 Å². The van der Waals surface area contributed by atoms with Crippen LogP contribution >= 0.6 is 0 Å². The summed E-state index contributed by atoms with van der Waals surface area (Å²) in [6.07, 6.45) is 2.30. The molecule has 0 unspecified atom stereocenters. The lowest BCUT2D eigenvalue weighted by Crippen LogP contribution is -2.32. The van der Waals surface area contributed by atoms with E-state index in [1.807, 2.05) is 32.8 Å². The molecule has 0 radical (unpaired) electrons. The Kier molecular flexibility index (Phi) is 7.79. The predicted octanol–water partition coefficient (Wildman–Crippen LogP) is 3.95. The number of ether oxygens (including phenoxy) is 1. The summed E-state index contributed by atoms with van der Waals surface area (Å²) in [6.45, 7) is 8.77. The number of phenols is 1. The first-order chi connectivity index (χ1) is 16.1. The molecule has 180 valence electrons. The van der Waals surface area contributed by atoms with Crippen LogP contribution in [-0.2, 0) is 9.59 Å². The molecule has 0 bridgehead atoms. The summed E-state index contributed by atoms with van der Waals surface area (Å²) in [7, 11) is 3.88. The lowest BCUT2D eigenvalue weighted by atomic mass is 9.93. The van der Waals surface area contributed by atoms with E-state index < -0.39 is 17.7 Å². The van der Waals surface area contributed by atoms with Gasteiger partial charge in [-0.2, -0.15) is 0 Å². The number of Topliss-reactive ketones (excluding diaryl/α,β-unsaturated/α-hetero) is 1. The van der Waals surface area contributed by atoms with Crippen molar-refractivity contribution in [1.29, 1.82) is 0 Å². The van der Waals surface area contributed by atoms with Gasteiger partial charge in [-0.3, -0.25) is 9.59 Å². The Morgan fingerprint density at radius 2 is 1.79 bits per heavy atom. The van der Waals surface area contributed by atoms with E-state index in [4.69, 9.17) is 4.74 Å². The van der Waals surface area contributed by atoms with Crippen LogP contribution in [0.15, 0.2) is 54.6 Å². The summed E-state index contributed by atoms with van der Waals surface area (Å²) in [6, 6.07) is 9.46. The number of amides is 1. The second-order valence-corrected chi connectivity index (χ2v) is 8.77. The molecule has 0 saturated carbocycles. The van der Waals surface area contributed by atoms with Crippen LogP contribution in [0.25, 0.3) is 5.76 Å². The van der Waals surface area contributed by atoms with Crippen LogP contribution in [0, 0.1) is 13.8 Å². The smallest absolute Gasteiger partial charge is 0.295 e. The second-order valence-electron chi connectivity index (χ2n) is 8.77. The highest BCUT2D eigenvalue weighted by Crippen LogP contribution is 2.41. The molecule has 1 heterocycles. The minimum atomic E-state index is -0.781. The monoisotopic (exact) mass is 464 g/mol. The van der Waals surface area contributed by atoms with Gasteiger partial charge < -0.3 is 24.7 Å². The topological polar surface area (TPSA) is 90.3 Å². The molecule has 1 amide bonds. The lowest BCUT2D eigenvalue weighted by Gasteiger charge is -2.26. The molecular weight excluding hydrogens is 432 g/mol. The number of carbonyl (C=O) groups excluding carboxylic acids is 2. The normalized spacial score (nSPS) is 17.4. The molecular formula is C27H32N2O5. The van der Waals surface area contributed by atoms with E-state index in [0.717, 1.165) is 17.7 Å². The number of likely N-dealkylation sites (tertiary alicyclic amines) is 1. The Morgan fingerprint density at radius 3 is 2.41 bits per heavy atom. The van der Waals surface area contributed by atoms with Gasteiger partial charge in [0.15, 0.2) is 0 Å². The molecule has 7 nitrogen and oxygen atoms in total. The zero-order chi connectivity index (χ0) is 25.0. The molecule has 2 aromatic rings. The quantitative estimate of drug-likeness (QED) is 0.253. The molecule has 1 atom stereocenters. The largest absolute Gasteiger partial charge is 0.507 e. The van der Waals surface area contributed by atoms with Crippen LogP contribution < -0.4 is 4.74 Å². The van der Waals surface area contributed by atoms with Gasteiger partial charge in [0, 0.05) is 6.54 Å². The van der Waals surface area contributed by atoms with Crippen LogP contribution in [0.1, 0.15) is 34.7 Å². The number of carbonyl (C=O) groups is 2. The van der Waals surface area contributed by atoms with Crippen LogP contribution in [0.3, 0.4) is 0 Å². The van der Waals surface area contributed by atoms with Crippen molar-refractivity contribution in [2.75, 3.05) is 33.8 Å². The Balaban J connectivity index is 2.11. The molecule has 1 saturated heterocycles. The SMILES string of the molecule is C=CCOc1ccc([C@H]2C(=C(O)c3cc(C)c(C)cc3O)C(=O)C(=O)N2CCCN(C)C)cc1. The van der Waals surface area contributed by atoms with Gasteiger partial charge in [0.1, 0.15) is 23.9 Å². The average molecular weight is 465 g/mol. The van der Waals surface area contributed by atoms with Gasteiger partial charge >= 0.3 is 0 Å². The summed E-state index contributed by atoms with van der Waals surface area (Å²) >= 11 is 0. The van der Waals surface area contributed by atoms with E-state index in [9.17, 15) is 19.8 Å². The molecule has 0 aromatic heterocycles. The lowest BCUT2D eigenvalue weighted by molar-refractivity contribution is -0.139. The zero-order valence-electron chi connectivity index (χ0n) is 20.2. The summed E-state index contributed by atoms with van der Waals surface area (Å²) in [5.41, 5.74) is 2.46. The number of ketones is 1. The summed E-state index contributed by atoms with van der Waals surface area (Å²) in [5, 5.41) is 21.7. The van der Waals surface area contributed by atoms with Crippen molar-refractivity contribution >= 4 is 17.4 Å². The van der Waals surface area contributed by atoms with E-state index in [2.05, 4.69) is 6.58 Å². The number of aliphatic hydroxyl groups is 1. The van der Waals surface area contributed by atoms with Crippen LogP contribution in [0.2, 0.25) is 0 Å². The number of aryl methyl sites for hydroxylation is 2. The number of benzene rings is 2. The molecule has 0 spiro atoms. The summed E-state index contributed by atoms with van der Waals surface area (Å²) in [4.78, 5) is 29.7. The van der Waals surface area contributed by atoms with Gasteiger partial charge in [-0.15, -0.1) is 0 Å². The number of phenolic OH excluding ortho intramolecular Hbond substituents is 1. The van der Waals surface area contributed by atoms with E-state index in [1.54, 1.807) is 36.4 Å². The van der Waals surface area contributed by atoms with E-state index >= 15 is 0 Å². The Hall–Kier alpha value is -3.58. The number of hydrogen-bond acceptors (Lipinski definition) is 6. The van der Waals surface area contributed by atoms with Crippen molar-refractivity contribution in [2.45, 2.75) is 26.3 Å². The summed E-state index contributed by atoms with van der Waals surface area (Å²) < 4.78 is 5.55. The fraction of sp³-hybridized carbons (Fsp3) is 0.333. The van der Waals surface area contributed by atoms with Crippen molar-refractivity contribution < 1.29 is 24.5 Å². The predicted molar refractivity (Wildman–Crippen MR) is 132 cm³/mol. The fourth-order valence-electron chi connectivity index (χ4n) is 4.05. The van der Waals surface area contributed by atoms with Crippen molar-refractivity contribution in [2.24, 2.45) is 0 Å². The highest BCUT2D eigenvalue weighted by atomic mass is 16.5. The van der Waals surface area contributed by atoms with E-state index in [0.29, 0.717) is 30.9 Å². The maximum atomic E-state index is 13.1. The highest BCUT2D eigenvalue weighted by molar-refractivity contribution is 6.46. The third-order valence-corrected chi connectivity index (χ3v) is 5.98. The minimum absolute atomic E-state index is 0.0341. The molecule has 7 heteroatoms. The molecule has 2 N–H and O–H groups in total. The van der Waals surface area contributed by atoms with Crippen LogP contribution in [0.4, 0.5) is 0 Å². The van der Waals surface area contributed by atoms with Crippen molar-refractivity contribution in [3.05, 3.63) is 76.9 Å². The van der Waals surface area contributed by atoms with Gasteiger partial charge in [0.2, 0.25) is 0 Å². The average Bonchev–Trinajstić information content (AvgIpc) is 3.04. The first-order valence-corrected chi connectivity index (χ1v) is 11.2. The standard InChI is InChI=1S/C27H32N2O5/c1-6-14-34-20-10-8-19(9-11-20)24-23(25(31)21-15-17(2)18(3)16-22(21)30)26(32)27(33)29(24)13-7-12-28(4)5/h6,8-11,15-16,24,30-31H,1,7,12-14H2,2-5H3/t24-/m0/s1. The van der Waals surface area contributed by atoms with Gasteiger partial charge in [0.25, 0.3) is 11.7 Å². The van der Waals surface area contributed by atoms with Crippen molar-refractivity contribution in [1.82, 2.24) is 9.80 Å². The minimum Gasteiger partial charge on any atom is -0.507 e. The molecule has 0 aliphatic carbocycles. The maximum Gasteiger partial charge on any atom is 0.295 e. The van der Waals surface area contributed by atoms with Gasteiger partial charge in [-0.05, 0) is 81.9 Å². The number of rotatable bonds is 9.